The zero-order valence-electron chi connectivity index (χ0n) is 24.0. The van der Waals surface area contributed by atoms with E-state index in [9.17, 15) is 4.79 Å². The number of rotatable bonds is 8. The second-order valence-electron chi connectivity index (χ2n) is 9.40. The Balaban J connectivity index is 0.00000115. The lowest BCUT2D eigenvalue weighted by Gasteiger charge is -2.32. The van der Waals surface area contributed by atoms with Gasteiger partial charge in [0.15, 0.2) is 0 Å². The quantitative estimate of drug-likeness (QED) is 0.441. The number of piperidine rings is 2. The van der Waals surface area contributed by atoms with E-state index < -0.39 is 0 Å². The van der Waals surface area contributed by atoms with Crippen LogP contribution in [0.4, 0.5) is 5.69 Å². The predicted octanol–water partition coefficient (Wildman–Crippen LogP) is 5.43. The van der Waals surface area contributed by atoms with Crippen LogP contribution in [0.25, 0.3) is 0 Å². The Morgan fingerprint density at radius 3 is 2.38 bits per heavy atom. The fourth-order valence-corrected chi connectivity index (χ4v) is 5.15. The predicted molar refractivity (Wildman–Crippen MR) is 156 cm³/mol. The Hall–Kier alpha value is -2.64. The van der Waals surface area contributed by atoms with Crippen molar-refractivity contribution in [2.75, 3.05) is 25.5 Å². The molecule has 0 radical (unpaired) electrons. The molecule has 2 saturated heterocycles. The summed E-state index contributed by atoms with van der Waals surface area (Å²) in [5.74, 6) is 0.738. The van der Waals surface area contributed by atoms with Gasteiger partial charge in [-0.25, -0.2) is 0 Å². The van der Waals surface area contributed by atoms with Crippen LogP contribution in [0.1, 0.15) is 89.6 Å². The van der Waals surface area contributed by atoms with Gasteiger partial charge < -0.3 is 16.4 Å². The number of nitrogens with one attached hydrogen (secondary N) is 2. The molecule has 2 aromatic rings. The molecule has 1 amide bonds. The summed E-state index contributed by atoms with van der Waals surface area (Å²) in [6.07, 6.45) is 7.97. The zero-order valence-corrected chi connectivity index (χ0v) is 24.0. The molecule has 0 aliphatic carbocycles. The van der Waals surface area contributed by atoms with Crippen molar-refractivity contribution < 1.29 is 4.79 Å². The minimum atomic E-state index is 0.114. The average Bonchev–Trinajstić information content (AvgIpc) is 3.34. The number of nitrogens with zero attached hydrogens (tertiary/aromatic N) is 3. The molecule has 37 heavy (non-hydrogen) atoms. The number of aromatic nitrogens is 2. The van der Waals surface area contributed by atoms with Gasteiger partial charge in [-0.2, -0.15) is 5.10 Å². The largest absolute Gasteiger partial charge is 0.377 e. The fraction of sp³-hybridized carbons (Fsp3) is 0.600. The molecule has 1 aromatic heterocycles. The van der Waals surface area contributed by atoms with Crippen molar-refractivity contribution in [1.29, 1.82) is 0 Å². The van der Waals surface area contributed by atoms with Crippen LogP contribution in [0.15, 0.2) is 42.1 Å². The average molecular weight is 511 g/mol. The Kier molecular flexibility index (Phi) is 13.4. The number of hydrogen-bond donors (Lipinski definition) is 3. The van der Waals surface area contributed by atoms with Crippen LogP contribution in [-0.2, 0) is 24.3 Å². The first-order chi connectivity index (χ1) is 18.1. The van der Waals surface area contributed by atoms with Crippen LogP contribution in [-0.4, -0.2) is 46.8 Å². The van der Waals surface area contributed by atoms with Gasteiger partial charge in [0.2, 0.25) is 5.91 Å². The Bertz CT molecular complexity index is 957. The molecule has 0 spiro atoms. The SMILES string of the molecule is CC.CC=C1NC(=O)CCC1Nc1ccc(C2CCN(Cc3cc(CC)n(CCC)n3)CC2)cc1.CN. The van der Waals surface area contributed by atoms with Crippen molar-refractivity contribution in [3.8, 4) is 0 Å². The summed E-state index contributed by atoms with van der Waals surface area (Å²) in [6, 6.07) is 11.4. The molecule has 2 aliphatic heterocycles. The summed E-state index contributed by atoms with van der Waals surface area (Å²) >= 11 is 0. The van der Waals surface area contributed by atoms with Gasteiger partial charge in [-0.3, -0.25) is 14.4 Å². The monoisotopic (exact) mass is 510 g/mol. The van der Waals surface area contributed by atoms with Gasteiger partial charge in [0.05, 0.1) is 11.7 Å². The van der Waals surface area contributed by atoms with E-state index >= 15 is 0 Å². The van der Waals surface area contributed by atoms with Gasteiger partial charge >= 0.3 is 0 Å². The lowest BCUT2D eigenvalue weighted by atomic mass is 9.89. The first-order valence-corrected chi connectivity index (χ1v) is 14.3. The summed E-state index contributed by atoms with van der Waals surface area (Å²) in [7, 11) is 1.50. The standard InChI is InChI=1S/C27H39N5O.C2H6.CH5N/c1-4-15-32-24(5-2)18-23(30-32)19-31-16-13-21(14-17-31)20-7-9-22(10-8-20)28-26-11-12-27(33)29-25(26)6-3;2*1-2/h6-10,18,21,26,28H,4-5,11-17,19H2,1-3H3,(H,29,33);1-2H3;2H2,1H3. The number of aryl methyl sites for hydroxylation is 2. The van der Waals surface area contributed by atoms with Gasteiger partial charge in [0, 0.05) is 36.6 Å². The lowest BCUT2D eigenvalue weighted by Crippen LogP contribution is -2.39. The van der Waals surface area contributed by atoms with Crippen LogP contribution in [0.5, 0.6) is 0 Å². The normalized spacial score (nSPS) is 19.4. The van der Waals surface area contributed by atoms with Crippen molar-refractivity contribution in [2.24, 2.45) is 5.73 Å². The van der Waals surface area contributed by atoms with Gasteiger partial charge in [0.1, 0.15) is 0 Å². The van der Waals surface area contributed by atoms with Crippen LogP contribution < -0.4 is 16.4 Å². The van der Waals surface area contributed by atoms with Crippen LogP contribution >= 0.6 is 0 Å². The highest BCUT2D eigenvalue weighted by Crippen LogP contribution is 2.30. The number of carbonyl (C=O) groups is 1. The molecule has 1 unspecified atom stereocenters. The van der Waals surface area contributed by atoms with Crippen LogP contribution in [0.2, 0.25) is 0 Å². The molecule has 2 aliphatic rings. The summed E-state index contributed by atoms with van der Waals surface area (Å²) in [6.45, 7) is 14.6. The van der Waals surface area contributed by atoms with Crippen molar-refractivity contribution >= 4 is 11.6 Å². The molecule has 206 valence electrons. The molecule has 1 aromatic carbocycles. The Morgan fingerprint density at radius 1 is 1.11 bits per heavy atom. The number of amides is 1. The number of carbonyl (C=O) groups excluding carboxylic acids is 1. The van der Waals surface area contributed by atoms with E-state index in [0.717, 1.165) is 56.8 Å². The topological polar surface area (TPSA) is 88.2 Å². The van der Waals surface area contributed by atoms with Gasteiger partial charge in [-0.1, -0.05) is 45.9 Å². The second-order valence-corrected chi connectivity index (χ2v) is 9.40. The summed E-state index contributed by atoms with van der Waals surface area (Å²) < 4.78 is 2.19. The third-order valence-corrected chi connectivity index (χ3v) is 7.04. The third-order valence-electron chi connectivity index (χ3n) is 7.04. The maximum absolute atomic E-state index is 11.6. The molecule has 3 heterocycles. The van der Waals surface area contributed by atoms with Gasteiger partial charge in [0.25, 0.3) is 0 Å². The van der Waals surface area contributed by atoms with E-state index in [2.05, 4.69) is 70.1 Å². The highest BCUT2D eigenvalue weighted by Gasteiger charge is 2.24. The van der Waals surface area contributed by atoms with Crippen LogP contribution in [0.3, 0.4) is 0 Å². The number of hydrogen-bond acceptors (Lipinski definition) is 5. The Morgan fingerprint density at radius 2 is 1.78 bits per heavy atom. The molecule has 4 rings (SSSR count). The van der Waals surface area contributed by atoms with Crippen molar-refractivity contribution in [1.82, 2.24) is 20.0 Å². The van der Waals surface area contributed by atoms with Gasteiger partial charge in [-0.15, -0.1) is 0 Å². The molecule has 0 bridgehead atoms. The third kappa shape index (κ3) is 8.71. The van der Waals surface area contributed by atoms with Gasteiger partial charge in [-0.05, 0) is 88.8 Å². The molecule has 0 saturated carbocycles. The second kappa shape index (κ2) is 16.3. The zero-order chi connectivity index (χ0) is 27.2. The highest BCUT2D eigenvalue weighted by atomic mass is 16.1. The number of anilines is 1. The van der Waals surface area contributed by atoms with E-state index in [1.54, 1.807) is 0 Å². The van der Waals surface area contributed by atoms with Crippen molar-refractivity contribution in [3.63, 3.8) is 0 Å². The highest BCUT2D eigenvalue weighted by molar-refractivity contribution is 5.79. The minimum Gasteiger partial charge on any atom is -0.377 e. The number of nitrogens with two attached hydrogens (primary N) is 1. The molecule has 2 fully saturated rings. The fourth-order valence-electron chi connectivity index (χ4n) is 5.15. The minimum absolute atomic E-state index is 0.114. The molecule has 4 N–H and O–H groups in total. The smallest absolute Gasteiger partial charge is 0.224 e. The van der Waals surface area contributed by atoms with E-state index in [-0.39, 0.29) is 11.9 Å². The molecule has 7 heteroatoms. The van der Waals surface area contributed by atoms with Crippen molar-refractivity contribution in [2.45, 2.75) is 98.2 Å². The number of likely N-dealkylation sites (tertiary alicyclic amines) is 1. The number of allylic oxidation sites excluding steroid dienone is 1. The van der Waals surface area contributed by atoms with E-state index in [1.165, 1.54) is 36.8 Å². The van der Waals surface area contributed by atoms with Crippen LogP contribution in [0, 0.1) is 0 Å². The maximum Gasteiger partial charge on any atom is 0.224 e. The van der Waals surface area contributed by atoms with E-state index in [1.807, 2.05) is 26.8 Å². The summed E-state index contributed by atoms with van der Waals surface area (Å²) in [4.78, 5) is 14.2. The maximum atomic E-state index is 11.6. The number of benzene rings is 1. The molecule has 7 nitrogen and oxygen atoms in total. The Labute approximate surface area is 224 Å². The first kappa shape index (κ1) is 30.6. The first-order valence-electron chi connectivity index (χ1n) is 14.3. The van der Waals surface area contributed by atoms with E-state index in [4.69, 9.17) is 5.10 Å². The van der Waals surface area contributed by atoms with E-state index in [0.29, 0.717) is 12.3 Å². The lowest BCUT2D eigenvalue weighted by molar-refractivity contribution is -0.121. The van der Waals surface area contributed by atoms with Crippen molar-refractivity contribution in [3.05, 3.63) is 59.1 Å². The summed E-state index contributed by atoms with van der Waals surface area (Å²) in [5.41, 5.74) is 10.6. The molecular formula is C30H50N6O. The molecular weight excluding hydrogens is 460 g/mol. The summed E-state index contributed by atoms with van der Waals surface area (Å²) in [5, 5.41) is 11.4. The molecule has 1 atom stereocenters.